The minimum absolute atomic E-state index is 0.235. The van der Waals surface area contributed by atoms with Gasteiger partial charge in [0.1, 0.15) is 5.69 Å². The summed E-state index contributed by atoms with van der Waals surface area (Å²) in [7, 11) is 0. The first-order chi connectivity index (χ1) is 6.89. The first kappa shape index (κ1) is 10.5. The predicted molar refractivity (Wildman–Crippen MR) is 55.7 cm³/mol. The molecule has 80 valence electrons. The van der Waals surface area contributed by atoms with Crippen molar-refractivity contribution in [2.75, 3.05) is 0 Å². The zero-order valence-electron chi connectivity index (χ0n) is 7.74. The van der Waals surface area contributed by atoms with Gasteiger partial charge in [-0.25, -0.2) is 0 Å². The molecule has 1 heterocycles. The number of fused-ring (bicyclic) bond motifs is 1. The largest absolute Gasteiger partial charge is 0.431 e. The maximum atomic E-state index is 12.5. The highest BCUT2D eigenvalue weighted by Crippen LogP contribution is 2.35. The molecular formula is C10H7BrF3N. The molecule has 2 rings (SSSR count). The molecule has 0 bridgehead atoms. The van der Waals surface area contributed by atoms with Gasteiger partial charge in [0.15, 0.2) is 0 Å². The Bertz CT molecular complexity index is 513. The number of halogens is 4. The van der Waals surface area contributed by atoms with E-state index in [0.717, 1.165) is 4.47 Å². The molecule has 2 aromatic rings. The van der Waals surface area contributed by atoms with Gasteiger partial charge in [-0.15, -0.1) is 0 Å². The van der Waals surface area contributed by atoms with Crippen molar-refractivity contribution in [3.05, 3.63) is 33.9 Å². The number of aryl methyl sites for hydroxylation is 1. The van der Waals surface area contributed by atoms with Gasteiger partial charge in [-0.3, -0.25) is 0 Å². The SMILES string of the molecule is Cc1c(C(F)(F)F)[nH]c2ccc(Br)cc12. The summed E-state index contributed by atoms with van der Waals surface area (Å²) < 4.78 is 38.4. The summed E-state index contributed by atoms with van der Waals surface area (Å²) in [5.41, 5.74) is 0.0671. The summed E-state index contributed by atoms with van der Waals surface area (Å²) in [5, 5.41) is 0.594. The standard InChI is InChI=1S/C10H7BrF3N/c1-5-7-4-6(11)2-3-8(7)15-9(5)10(12,13)14/h2-4,15H,1H3. The van der Waals surface area contributed by atoms with Crippen LogP contribution >= 0.6 is 15.9 Å². The topological polar surface area (TPSA) is 15.8 Å². The molecule has 0 saturated carbocycles. The minimum atomic E-state index is -4.32. The highest BCUT2D eigenvalue weighted by Gasteiger charge is 2.34. The van der Waals surface area contributed by atoms with E-state index in [4.69, 9.17) is 0 Å². The van der Waals surface area contributed by atoms with Crippen molar-refractivity contribution in [3.8, 4) is 0 Å². The van der Waals surface area contributed by atoms with E-state index in [2.05, 4.69) is 20.9 Å². The number of aromatic amines is 1. The molecule has 1 nitrogen and oxygen atoms in total. The second-order valence-corrected chi connectivity index (χ2v) is 4.23. The number of alkyl halides is 3. The molecule has 5 heteroatoms. The van der Waals surface area contributed by atoms with Crippen LogP contribution in [-0.2, 0) is 6.18 Å². The fourth-order valence-corrected chi connectivity index (χ4v) is 1.94. The normalized spacial score (nSPS) is 12.3. The van der Waals surface area contributed by atoms with Gasteiger partial charge < -0.3 is 4.98 Å². The minimum Gasteiger partial charge on any atom is -0.351 e. The second-order valence-electron chi connectivity index (χ2n) is 3.31. The second kappa shape index (κ2) is 3.27. The van der Waals surface area contributed by atoms with E-state index in [9.17, 15) is 13.2 Å². The van der Waals surface area contributed by atoms with Crippen LogP contribution in [0.3, 0.4) is 0 Å². The van der Waals surface area contributed by atoms with Crippen LogP contribution < -0.4 is 0 Å². The van der Waals surface area contributed by atoms with Crippen LogP contribution in [0.5, 0.6) is 0 Å². The van der Waals surface area contributed by atoms with Crippen molar-refractivity contribution in [3.63, 3.8) is 0 Å². The van der Waals surface area contributed by atoms with Gasteiger partial charge in [-0.05, 0) is 30.7 Å². The molecule has 0 aliphatic heterocycles. The quantitative estimate of drug-likeness (QED) is 0.741. The maximum absolute atomic E-state index is 12.5. The average Bonchev–Trinajstić information content (AvgIpc) is 2.43. The molecule has 0 saturated heterocycles. The van der Waals surface area contributed by atoms with E-state index in [0.29, 0.717) is 10.9 Å². The van der Waals surface area contributed by atoms with Crippen LogP contribution in [0.15, 0.2) is 22.7 Å². The summed E-state index contributed by atoms with van der Waals surface area (Å²) in [6.07, 6.45) is -4.32. The zero-order chi connectivity index (χ0) is 11.2. The first-order valence-corrected chi connectivity index (χ1v) is 5.04. The van der Waals surface area contributed by atoms with E-state index in [-0.39, 0.29) is 5.56 Å². The van der Waals surface area contributed by atoms with E-state index in [1.807, 2.05) is 0 Å². The van der Waals surface area contributed by atoms with Crippen LogP contribution in [0.4, 0.5) is 13.2 Å². The fraction of sp³-hybridized carbons (Fsp3) is 0.200. The molecule has 1 aromatic heterocycles. The van der Waals surface area contributed by atoms with Gasteiger partial charge in [0, 0.05) is 15.4 Å². The Morgan fingerprint density at radius 2 is 1.93 bits per heavy atom. The molecule has 1 aromatic carbocycles. The molecule has 0 amide bonds. The maximum Gasteiger partial charge on any atom is 0.431 e. The lowest BCUT2D eigenvalue weighted by molar-refractivity contribution is -0.141. The summed E-state index contributed by atoms with van der Waals surface area (Å²) >= 11 is 3.23. The number of rotatable bonds is 0. The Balaban J connectivity index is 2.76. The third kappa shape index (κ3) is 1.76. The number of hydrogen-bond acceptors (Lipinski definition) is 0. The Morgan fingerprint density at radius 1 is 1.27 bits per heavy atom. The van der Waals surface area contributed by atoms with Gasteiger partial charge >= 0.3 is 6.18 Å². The average molecular weight is 278 g/mol. The Kier molecular flexibility index (Phi) is 2.30. The molecule has 0 unspecified atom stereocenters. The number of hydrogen-bond donors (Lipinski definition) is 1. The van der Waals surface area contributed by atoms with Crippen molar-refractivity contribution >= 4 is 26.8 Å². The highest BCUT2D eigenvalue weighted by molar-refractivity contribution is 9.10. The van der Waals surface area contributed by atoms with E-state index in [1.165, 1.54) is 6.92 Å². The lowest BCUT2D eigenvalue weighted by Gasteiger charge is -2.04. The fourth-order valence-electron chi connectivity index (χ4n) is 1.58. The molecule has 1 N–H and O–H groups in total. The van der Waals surface area contributed by atoms with Crippen LogP contribution in [0, 0.1) is 6.92 Å². The number of aromatic nitrogens is 1. The number of H-pyrrole nitrogens is 1. The number of nitrogens with one attached hydrogen (secondary N) is 1. The van der Waals surface area contributed by atoms with Crippen molar-refractivity contribution in [1.82, 2.24) is 4.98 Å². The van der Waals surface area contributed by atoms with E-state index >= 15 is 0 Å². The summed E-state index contributed by atoms with van der Waals surface area (Å²) in [4.78, 5) is 2.39. The van der Waals surface area contributed by atoms with Crippen LogP contribution in [0.25, 0.3) is 10.9 Å². The third-order valence-electron chi connectivity index (χ3n) is 2.30. The third-order valence-corrected chi connectivity index (χ3v) is 2.80. The van der Waals surface area contributed by atoms with Gasteiger partial charge in [0.25, 0.3) is 0 Å². The van der Waals surface area contributed by atoms with Crippen molar-refractivity contribution < 1.29 is 13.2 Å². The summed E-state index contributed by atoms with van der Waals surface area (Å²) in [6, 6.07) is 5.01. The Hall–Kier alpha value is -0.970. The smallest absolute Gasteiger partial charge is 0.351 e. The van der Waals surface area contributed by atoms with Gasteiger partial charge in [-0.1, -0.05) is 15.9 Å². The molecule has 0 radical (unpaired) electrons. The molecular weight excluding hydrogens is 271 g/mol. The molecule has 0 atom stereocenters. The zero-order valence-corrected chi connectivity index (χ0v) is 9.33. The monoisotopic (exact) mass is 277 g/mol. The van der Waals surface area contributed by atoms with Crippen LogP contribution in [0.1, 0.15) is 11.3 Å². The lowest BCUT2D eigenvalue weighted by Crippen LogP contribution is -2.06. The molecule has 0 aliphatic rings. The van der Waals surface area contributed by atoms with Crippen LogP contribution in [0.2, 0.25) is 0 Å². The molecule has 0 fully saturated rings. The van der Waals surface area contributed by atoms with Crippen molar-refractivity contribution in [2.24, 2.45) is 0 Å². The van der Waals surface area contributed by atoms with Crippen molar-refractivity contribution in [2.45, 2.75) is 13.1 Å². The summed E-state index contributed by atoms with van der Waals surface area (Å²) in [6.45, 7) is 1.47. The van der Waals surface area contributed by atoms with Crippen LogP contribution in [-0.4, -0.2) is 4.98 Å². The summed E-state index contributed by atoms with van der Waals surface area (Å²) in [5.74, 6) is 0. The Labute approximate surface area is 92.4 Å². The molecule has 0 spiro atoms. The molecule has 15 heavy (non-hydrogen) atoms. The Morgan fingerprint density at radius 3 is 2.53 bits per heavy atom. The van der Waals surface area contributed by atoms with Gasteiger partial charge in [0.2, 0.25) is 0 Å². The highest BCUT2D eigenvalue weighted by atomic mass is 79.9. The lowest BCUT2D eigenvalue weighted by atomic mass is 10.1. The molecule has 0 aliphatic carbocycles. The van der Waals surface area contributed by atoms with Gasteiger partial charge in [0.05, 0.1) is 0 Å². The first-order valence-electron chi connectivity index (χ1n) is 4.24. The van der Waals surface area contributed by atoms with Crippen molar-refractivity contribution in [1.29, 1.82) is 0 Å². The number of benzene rings is 1. The van der Waals surface area contributed by atoms with E-state index in [1.54, 1.807) is 18.2 Å². The van der Waals surface area contributed by atoms with E-state index < -0.39 is 11.9 Å². The van der Waals surface area contributed by atoms with Gasteiger partial charge in [-0.2, -0.15) is 13.2 Å². The predicted octanol–water partition coefficient (Wildman–Crippen LogP) is 4.26.